The van der Waals surface area contributed by atoms with Crippen LogP contribution in [0.2, 0.25) is 5.02 Å². The maximum absolute atomic E-state index is 6.13. The monoisotopic (exact) mass is 301 g/mol. The number of nitrogen functional groups attached to an aromatic ring is 1. The molecule has 0 fully saturated rings. The van der Waals surface area contributed by atoms with Crippen molar-refractivity contribution in [1.82, 2.24) is 10.1 Å². The summed E-state index contributed by atoms with van der Waals surface area (Å²) in [6.07, 6.45) is 0. The van der Waals surface area contributed by atoms with Crippen molar-refractivity contribution in [3.8, 4) is 28.6 Å². The van der Waals surface area contributed by atoms with E-state index in [-0.39, 0.29) is 0 Å². The van der Waals surface area contributed by atoms with E-state index in [1.54, 1.807) is 31.4 Å². The molecule has 0 atom stereocenters. The Kier molecular flexibility index (Phi) is 3.50. The molecule has 2 aromatic carbocycles. The molecule has 3 rings (SSSR count). The smallest absolute Gasteiger partial charge is 0.260 e. The van der Waals surface area contributed by atoms with Gasteiger partial charge in [0.25, 0.3) is 5.89 Å². The Labute approximate surface area is 126 Å². The van der Waals surface area contributed by atoms with Crippen molar-refractivity contribution < 1.29 is 9.26 Å². The number of ether oxygens (including phenoxy) is 1. The third-order valence-electron chi connectivity index (χ3n) is 3.03. The molecular formula is C15H12ClN3O2. The van der Waals surface area contributed by atoms with Gasteiger partial charge in [0.15, 0.2) is 0 Å². The second kappa shape index (κ2) is 5.46. The molecule has 0 aliphatic rings. The SMILES string of the molecule is COc1ccc(N)c(-c2nc(-c3ccccc3Cl)no2)c1. The van der Waals surface area contributed by atoms with Gasteiger partial charge in [0.2, 0.25) is 5.82 Å². The highest BCUT2D eigenvalue weighted by Crippen LogP contribution is 2.31. The number of halogens is 1. The third kappa shape index (κ3) is 2.55. The first kappa shape index (κ1) is 13.5. The Balaban J connectivity index is 2.05. The summed E-state index contributed by atoms with van der Waals surface area (Å²) in [4.78, 5) is 4.35. The first-order valence-corrected chi connectivity index (χ1v) is 6.59. The molecule has 0 radical (unpaired) electrons. The average Bonchev–Trinajstić information content (AvgIpc) is 2.97. The molecule has 0 spiro atoms. The molecule has 0 bridgehead atoms. The van der Waals surface area contributed by atoms with Crippen LogP contribution in [-0.4, -0.2) is 17.3 Å². The molecule has 3 aromatic rings. The Morgan fingerprint density at radius 3 is 2.71 bits per heavy atom. The zero-order valence-corrected chi connectivity index (χ0v) is 12.0. The van der Waals surface area contributed by atoms with Gasteiger partial charge >= 0.3 is 0 Å². The molecule has 0 saturated heterocycles. The van der Waals surface area contributed by atoms with Gasteiger partial charge in [0, 0.05) is 11.3 Å². The number of anilines is 1. The zero-order chi connectivity index (χ0) is 14.8. The second-order valence-electron chi connectivity index (χ2n) is 4.36. The van der Waals surface area contributed by atoms with Crippen LogP contribution in [0.25, 0.3) is 22.8 Å². The Morgan fingerprint density at radius 1 is 1.14 bits per heavy atom. The van der Waals surface area contributed by atoms with Gasteiger partial charge in [-0.05, 0) is 30.3 Å². The highest BCUT2D eigenvalue weighted by atomic mass is 35.5. The number of benzene rings is 2. The number of aromatic nitrogens is 2. The van der Waals surface area contributed by atoms with E-state index < -0.39 is 0 Å². The molecule has 0 unspecified atom stereocenters. The molecule has 1 heterocycles. The van der Waals surface area contributed by atoms with E-state index in [1.807, 2.05) is 18.2 Å². The lowest BCUT2D eigenvalue weighted by Crippen LogP contribution is -1.92. The molecule has 0 saturated carbocycles. The van der Waals surface area contributed by atoms with Gasteiger partial charge < -0.3 is 15.0 Å². The van der Waals surface area contributed by atoms with E-state index in [0.717, 1.165) is 0 Å². The number of methoxy groups -OCH3 is 1. The molecule has 0 aliphatic heterocycles. The molecule has 2 N–H and O–H groups in total. The number of nitrogens with zero attached hydrogens (tertiary/aromatic N) is 2. The van der Waals surface area contributed by atoms with Crippen LogP contribution in [0.1, 0.15) is 0 Å². The largest absolute Gasteiger partial charge is 0.497 e. The normalized spacial score (nSPS) is 10.6. The van der Waals surface area contributed by atoms with Gasteiger partial charge in [-0.15, -0.1) is 0 Å². The Hall–Kier alpha value is -2.53. The van der Waals surface area contributed by atoms with Crippen molar-refractivity contribution in [2.24, 2.45) is 0 Å². The third-order valence-corrected chi connectivity index (χ3v) is 3.36. The molecule has 5 nitrogen and oxygen atoms in total. The van der Waals surface area contributed by atoms with Gasteiger partial charge in [-0.3, -0.25) is 0 Å². The van der Waals surface area contributed by atoms with Crippen LogP contribution in [-0.2, 0) is 0 Å². The molecule has 21 heavy (non-hydrogen) atoms. The van der Waals surface area contributed by atoms with E-state index in [0.29, 0.717) is 39.3 Å². The van der Waals surface area contributed by atoms with Crippen LogP contribution < -0.4 is 10.5 Å². The van der Waals surface area contributed by atoms with E-state index >= 15 is 0 Å². The summed E-state index contributed by atoms with van der Waals surface area (Å²) < 4.78 is 10.5. The minimum absolute atomic E-state index is 0.321. The average molecular weight is 302 g/mol. The summed E-state index contributed by atoms with van der Waals surface area (Å²) in [5.74, 6) is 1.40. The molecular weight excluding hydrogens is 290 g/mol. The van der Waals surface area contributed by atoms with Crippen LogP contribution >= 0.6 is 11.6 Å². The Morgan fingerprint density at radius 2 is 1.95 bits per heavy atom. The van der Waals surface area contributed by atoms with Gasteiger partial charge in [-0.25, -0.2) is 0 Å². The number of hydrogen-bond acceptors (Lipinski definition) is 5. The zero-order valence-electron chi connectivity index (χ0n) is 11.2. The lowest BCUT2D eigenvalue weighted by Gasteiger charge is -2.03. The van der Waals surface area contributed by atoms with Crippen molar-refractivity contribution in [3.63, 3.8) is 0 Å². The maximum atomic E-state index is 6.13. The fourth-order valence-electron chi connectivity index (χ4n) is 1.93. The first-order valence-electron chi connectivity index (χ1n) is 6.21. The summed E-state index contributed by atoms with van der Waals surface area (Å²) in [7, 11) is 1.58. The maximum Gasteiger partial charge on any atom is 0.260 e. The lowest BCUT2D eigenvalue weighted by atomic mass is 10.1. The van der Waals surface area contributed by atoms with E-state index in [1.165, 1.54) is 0 Å². The minimum Gasteiger partial charge on any atom is -0.497 e. The highest BCUT2D eigenvalue weighted by molar-refractivity contribution is 6.33. The van der Waals surface area contributed by atoms with Crippen molar-refractivity contribution >= 4 is 17.3 Å². The topological polar surface area (TPSA) is 74.2 Å². The fourth-order valence-corrected chi connectivity index (χ4v) is 2.15. The molecule has 1 aromatic heterocycles. The standard InChI is InChI=1S/C15H12ClN3O2/c1-20-9-6-7-13(17)11(8-9)15-18-14(19-21-15)10-4-2-3-5-12(10)16/h2-8H,17H2,1H3. The molecule has 0 aliphatic carbocycles. The van der Waals surface area contributed by atoms with Crippen LogP contribution in [0.3, 0.4) is 0 Å². The summed E-state index contributed by atoms with van der Waals surface area (Å²) in [5.41, 5.74) is 7.81. The number of nitrogens with two attached hydrogens (primary N) is 1. The number of hydrogen-bond donors (Lipinski definition) is 1. The second-order valence-corrected chi connectivity index (χ2v) is 4.76. The van der Waals surface area contributed by atoms with Crippen LogP contribution in [0.5, 0.6) is 5.75 Å². The quantitative estimate of drug-likeness (QED) is 0.747. The van der Waals surface area contributed by atoms with Crippen molar-refractivity contribution in [2.45, 2.75) is 0 Å². The number of rotatable bonds is 3. The summed E-state index contributed by atoms with van der Waals surface area (Å²) in [6, 6.07) is 12.5. The van der Waals surface area contributed by atoms with Crippen LogP contribution in [0.4, 0.5) is 5.69 Å². The molecule has 6 heteroatoms. The molecule has 106 valence electrons. The lowest BCUT2D eigenvalue weighted by molar-refractivity contribution is 0.413. The molecule has 0 amide bonds. The van der Waals surface area contributed by atoms with E-state index in [2.05, 4.69) is 10.1 Å². The van der Waals surface area contributed by atoms with Gasteiger partial charge in [0.1, 0.15) is 5.75 Å². The van der Waals surface area contributed by atoms with Crippen molar-refractivity contribution in [2.75, 3.05) is 12.8 Å². The highest BCUT2D eigenvalue weighted by Gasteiger charge is 2.15. The Bertz CT molecular complexity index is 786. The fraction of sp³-hybridized carbons (Fsp3) is 0.0667. The predicted molar refractivity (Wildman–Crippen MR) is 81.1 cm³/mol. The van der Waals surface area contributed by atoms with Gasteiger partial charge in [-0.1, -0.05) is 28.9 Å². The predicted octanol–water partition coefficient (Wildman–Crippen LogP) is 3.65. The van der Waals surface area contributed by atoms with Crippen molar-refractivity contribution in [1.29, 1.82) is 0 Å². The summed E-state index contributed by atoms with van der Waals surface area (Å²) in [6.45, 7) is 0. The van der Waals surface area contributed by atoms with Gasteiger partial charge in [0.05, 0.1) is 17.7 Å². The van der Waals surface area contributed by atoms with Crippen molar-refractivity contribution in [3.05, 3.63) is 47.5 Å². The minimum atomic E-state index is 0.321. The summed E-state index contributed by atoms with van der Waals surface area (Å²) in [5, 5.41) is 4.51. The van der Waals surface area contributed by atoms with Crippen LogP contribution in [0.15, 0.2) is 47.0 Å². The van der Waals surface area contributed by atoms with E-state index in [4.69, 9.17) is 26.6 Å². The van der Waals surface area contributed by atoms with E-state index in [9.17, 15) is 0 Å². The summed E-state index contributed by atoms with van der Waals surface area (Å²) >= 11 is 6.13. The first-order chi connectivity index (χ1) is 10.2. The van der Waals surface area contributed by atoms with Crippen LogP contribution in [0, 0.1) is 0 Å². The van der Waals surface area contributed by atoms with Gasteiger partial charge in [-0.2, -0.15) is 4.98 Å².